The van der Waals surface area contributed by atoms with Gasteiger partial charge in [0.15, 0.2) is 0 Å². The molecule has 0 atom stereocenters. The molecule has 0 saturated carbocycles. The second-order valence-electron chi connectivity index (χ2n) is 4.56. The zero-order chi connectivity index (χ0) is 15.4. The lowest BCUT2D eigenvalue weighted by Crippen LogP contribution is -2.03. The van der Waals surface area contributed by atoms with E-state index in [2.05, 4.69) is 5.32 Å². The number of nitrogens with one attached hydrogen (secondary N) is 1. The molecule has 1 N–H and O–H groups in total. The van der Waals surface area contributed by atoms with Crippen molar-refractivity contribution in [3.8, 4) is 0 Å². The third-order valence-corrected chi connectivity index (χ3v) is 2.95. The van der Waals surface area contributed by atoms with Crippen LogP contribution < -0.4 is 5.32 Å². The van der Waals surface area contributed by atoms with E-state index >= 15 is 0 Å². The van der Waals surface area contributed by atoms with E-state index in [0.29, 0.717) is 11.3 Å². The highest BCUT2D eigenvalue weighted by molar-refractivity contribution is 5.62. The predicted octanol–water partition coefficient (Wildman–Crippen LogP) is 3.42. The average Bonchev–Trinajstić information content (AvgIpc) is 2.46. The molecule has 0 fully saturated rings. The summed E-state index contributed by atoms with van der Waals surface area (Å²) in [6.07, 6.45) is 0. The molecule has 0 amide bonds. The van der Waals surface area contributed by atoms with E-state index in [1.165, 1.54) is 18.2 Å². The van der Waals surface area contributed by atoms with Crippen LogP contribution in [0.1, 0.15) is 11.1 Å². The van der Waals surface area contributed by atoms with Crippen molar-refractivity contribution in [3.05, 3.63) is 73.8 Å². The van der Waals surface area contributed by atoms with Crippen molar-refractivity contribution in [2.24, 2.45) is 0 Å². The van der Waals surface area contributed by atoms with E-state index in [-0.39, 0.29) is 17.9 Å². The Morgan fingerprint density at radius 1 is 1.05 bits per heavy atom. The van der Waals surface area contributed by atoms with Crippen LogP contribution in [0.4, 0.5) is 17.1 Å². The molecule has 0 heterocycles. The summed E-state index contributed by atoms with van der Waals surface area (Å²) in [6.45, 7) is 2.04. The molecule has 0 spiro atoms. The number of hydrogen-bond donors (Lipinski definition) is 1. The van der Waals surface area contributed by atoms with Gasteiger partial charge in [0.25, 0.3) is 11.4 Å². The average molecular weight is 287 g/mol. The zero-order valence-electron chi connectivity index (χ0n) is 11.3. The van der Waals surface area contributed by atoms with Crippen molar-refractivity contribution >= 4 is 17.1 Å². The monoisotopic (exact) mass is 287 g/mol. The lowest BCUT2D eigenvalue weighted by Gasteiger charge is -2.07. The molecule has 2 rings (SSSR count). The Hall–Kier alpha value is -2.96. The number of nitro benzene ring substituents is 2. The first-order valence-electron chi connectivity index (χ1n) is 6.19. The van der Waals surface area contributed by atoms with Crippen LogP contribution in [0.25, 0.3) is 0 Å². The molecule has 7 heteroatoms. The molecule has 0 aromatic heterocycles. The van der Waals surface area contributed by atoms with Gasteiger partial charge in [-0.2, -0.15) is 0 Å². The van der Waals surface area contributed by atoms with Gasteiger partial charge in [0.2, 0.25) is 0 Å². The van der Waals surface area contributed by atoms with Crippen molar-refractivity contribution in [1.29, 1.82) is 0 Å². The van der Waals surface area contributed by atoms with E-state index < -0.39 is 9.85 Å². The van der Waals surface area contributed by atoms with Crippen LogP contribution in [0.3, 0.4) is 0 Å². The number of hydrogen-bond acceptors (Lipinski definition) is 5. The van der Waals surface area contributed by atoms with Crippen molar-refractivity contribution in [2.75, 3.05) is 5.32 Å². The summed E-state index contributed by atoms with van der Waals surface area (Å²) in [5, 5.41) is 24.6. The van der Waals surface area contributed by atoms with Gasteiger partial charge in [-0.1, -0.05) is 18.2 Å². The number of non-ortho nitro benzene ring substituents is 1. The first-order chi connectivity index (χ1) is 9.97. The maximum atomic E-state index is 11.0. The Bertz CT molecular complexity index is 700. The highest BCUT2D eigenvalue weighted by Gasteiger charge is 2.13. The summed E-state index contributed by atoms with van der Waals surface area (Å²) in [6, 6.07) is 11.0. The molecule has 0 bridgehead atoms. The first kappa shape index (κ1) is 14.4. The first-order valence-corrected chi connectivity index (χ1v) is 6.19. The molecule has 0 radical (unpaired) electrons. The lowest BCUT2D eigenvalue weighted by molar-refractivity contribution is -0.384. The van der Waals surface area contributed by atoms with Crippen LogP contribution in [-0.2, 0) is 6.54 Å². The van der Waals surface area contributed by atoms with Crippen LogP contribution in [0.5, 0.6) is 0 Å². The van der Waals surface area contributed by atoms with Crippen molar-refractivity contribution < 1.29 is 9.85 Å². The Morgan fingerprint density at radius 2 is 1.81 bits per heavy atom. The summed E-state index contributed by atoms with van der Waals surface area (Å²) in [7, 11) is 0. The molecular formula is C14H13N3O4. The zero-order valence-corrected chi connectivity index (χ0v) is 11.3. The van der Waals surface area contributed by atoms with Gasteiger partial charge in [-0.3, -0.25) is 20.2 Å². The summed E-state index contributed by atoms with van der Waals surface area (Å²) in [5.41, 5.74) is 1.84. The number of nitro groups is 2. The molecule has 0 aliphatic heterocycles. The molecule has 108 valence electrons. The van der Waals surface area contributed by atoms with Gasteiger partial charge in [-0.25, -0.2) is 0 Å². The van der Waals surface area contributed by atoms with Gasteiger partial charge in [0.1, 0.15) is 5.69 Å². The minimum atomic E-state index is -0.474. The van der Waals surface area contributed by atoms with E-state index in [1.54, 1.807) is 31.2 Å². The molecular weight excluding hydrogens is 274 g/mol. The van der Waals surface area contributed by atoms with Gasteiger partial charge in [-0.05, 0) is 24.1 Å². The number of benzene rings is 2. The van der Waals surface area contributed by atoms with Crippen LogP contribution in [-0.4, -0.2) is 9.85 Å². The largest absolute Gasteiger partial charge is 0.375 e. The maximum Gasteiger partial charge on any atom is 0.292 e. The van der Waals surface area contributed by atoms with E-state index in [4.69, 9.17) is 0 Å². The number of nitrogens with zero attached hydrogens (tertiary/aromatic N) is 2. The van der Waals surface area contributed by atoms with Gasteiger partial charge in [0, 0.05) is 24.7 Å². The van der Waals surface area contributed by atoms with Crippen LogP contribution in [0, 0.1) is 27.2 Å². The Labute approximate surface area is 120 Å². The minimum absolute atomic E-state index is 0.00675. The Balaban J connectivity index is 2.18. The fraction of sp³-hybridized carbons (Fsp3) is 0.143. The van der Waals surface area contributed by atoms with Crippen molar-refractivity contribution in [3.63, 3.8) is 0 Å². The molecule has 7 nitrogen and oxygen atoms in total. The lowest BCUT2D eigenvalue weighted by atomic mass is 10.1. The molecule has 0 aliphatic rings. The molecule has 0 saturated heterocycles. The Kier molecular flexibility index (Phi) is 4.13. The smallest absolute Gasteiger partial charge is 0.292 e. The SMILES string of the molecule is Cc1ccc(NCc2cccc([N+](=O)[O-])c2)c([N+](=O)[O-])c1. The van der Waals surface area contributed by atoms with E-state index in [0.717, 1.165) is 5.56 Å². The van der Waals surface area contributed by atoms with E-state index in [1.807, 2.05) is 0 Å². The quantitative estimate of drug-likeness (QED) is 0.671. The molecule has 0 aliphatic carbocycles. The molecule has 2 aromatic carbocycles. The summed E-state index contributed by atoms with van der Waals surface area (Å²) < 4.78 is 0. The second kappa shape index (κ2) is 6.00. The fourth-order valence-corrected chi connectivity index (χ4v) is 1.92. The van der Waals surface area contributed by atoms with Gasteiger partial charge >= 0.3 is 0 Å². The van der Waals surface area contributed by atoms with Gasteiger partial charge < -0.3 is 5.32 Å². The predicted molar refractivity (Wildman–Crippen MR) is 78.3 cm³/mol. The molecule has 2 aromatic rings. The van der Waals surface area contributed by atoms with Gasteiger partial charge in [0.05, 0.1) is 9.85 Å². The number of anilines is 1. The molecule has 0 unspecified atom stereocenters. The topological polar surface area (TPSA) is 98.3 Å². The highest BCUT2D eigenvalue weighted by Crippen LogP contribution is 2.26. The summed E-state index contributed by atoms with van der Waals surface area (Å²) >= 11 is 0. The molecule has 21 heavy (non-hydrogen) atoms. The summed E-state index contributed by atoms with van der Waals surface area (Å²) in [5.74, 6) is 0. The second-order valence-corrected chi connectivity index (χ2v) is 4.56. The minimum Gasteiger partial charge on any atom is -0.375 e. The standard InChI is InChI=1S/C14H13N3O4/c1-10-5-6-13(14(7-10)17(20)21)15-9-11-3-2-4-12(8-11)16(18)19/h2-8,15H,9H2,1H3. The third kappa shape index (κ3) is 3.53. The van der Waals surface area contributed by atoms with Crippen LogP contribution >= 0.6 is 0 Å². The summed E-state index contributed by atoms with van der Waals surface area (Å²) in [4.78, 5) is 20.8. The fourth-order valence-electron chi connectivity index (χ4n) is 1.92. The Morgan fingerprint density at radius 3 is 2.48 bits per heavy atom. The number of rotatable bonds is 5. The maximum absolute atomic E-state index is 11.0. The van der Waals surface area contributed by atoms with Crippen LogP contribution in [0.15, 0.2) is 42.5 Å². The van der Waals surface area contributed by atoms with Gasteiger partial charge in [-0.15, -0.1) is 0 Å². The number of aryl methyl sites for hydroxylation is 1. The highest BCUT2D eigenvalue weighted by atomic mass is 16.6. The van der Waals surface area contributed by atoms with Crippen molar-refractivity contribution in [2.45, 2.75) is 13.5 Å². The third-order valence-electron chi connectivity index (χ3n) is 2.95. The van der Waals surface area contributed by atoms with Crippen LogP contribution in [0.2, 0.25) is 0 Å². The van der Waals surface area contributed by atoms with Crippen molar-refractivity contribution in [1.82, 2.24) is 0 Å². The van der Waals surface area contributed by atoms with E-state index in [9.17, 15) is 20.2 Å². The normalized spacial score (nSPS) is 10.1.